The van der Waals surface area contributed by atoms with Gasteiger partial charge in [-0.2, -0.15) is 8.42 Å². The number of hydrogen-bond donors (Lipinski definition) is 2. The molecule has 1 aromatic carbocycles. The first-order valence-electron chi connectivity index (χ1n) is 8.66. The highest BCUT2D eigenvalue weighted by Crippen LogP contribution is 2.39. The van der Waals surface area contributed by atoms with E-state index in [9.17, 15) is 13.2 Å². The van der Waals surface area contributed by atoms with E-state index in [0.717, 1.165) is 6.26 Å². The number of ether oxygens (including phenoxy) is 1. The predicted octanol–water partition coefficient (Wildman–Crippen LogP) is 2.83. The fraction of sp³-hybridized carbons (Fsp3) is 0.222. The summed E-state index contributed by atoms with van der Waals surface area (Å²) in [6.07, 6.45) is 2.42. The second-order valence-electron chi connectivity index (χ2n) is 6.06. The van der Waals surface area contributed by atoms with Gasteiger partial charge in [-0.3, -0.25) is 10.3 Å². The van der Waals surface area contributed by atoms with Crippen molar-refractivity contribution in [1.29, 1.82) is 0 Å². The number of amides is 2. The van der Waals surface area contributed by atoms with Gasteiger partial charge in [-0.1, -0.05) is 11.6 Å². The number of benzene rings is 1. The smallest absolute Gasteiger partial charge is 0.320 e. The van der Waals surface area contributed by atoms with Crippen molar-refractivity contribution < 1.29 is 22.1 Å². The molecule has 2 N–H and O–H groups in total. The molecule has 0 saturated carbocycles. The van der Waals surface area contributed by atoms with Crippen LogP contribution in [0.5, 0.6) is 11.5 Å². The quantitative estimate of drug-likeness (QED) is 0.546. The molecule has 2 amide bonds. The molecule has 0 aliphatic rings. The molecule has 0 saturated heterocycles. The highest BCUT2D eigenvalue weighted by Gasteiger charge is 2.18. The Bertz CT molecular complexity index is 1220. The van der Waals surface area contributed by atoms with Crippen LogP contribution in [-0.4, -0.2) is 49.3 Å². The molecule has 0 radical (unpaired) electrons. The number of pyridine rings is 1. The van der Waals surface area contributed by atoms with E-state index >= 15 is 0 Å². The number of urea groups is 1. The van der Waals surface area contributed by atoms with Crippen LogP contribution in [0, 0.1) is 0 Å². The number of rotatable bonds is 6. The van der Waals surface area contributed by atoms with E-state index in [1.807, 2.05) is 0 Å². The number of aromatic nitrogens is 3. The maximum absolute atomic E-state index is 11.7. The van der Waals surface area contributed by atoms with Crippen LogP contribution in [0.1, 0.15) is 6.92 Å². The van der Waals surface area contributed by atoms with Gasteiger partial charge in [0.15, 0.2) is 11.4 Å². The summed E-state index contributed by atoms with van der Waals surface area (Å²) in [6, 6.07) is 5.92. The molecule has 0 spiro atoms. The van der Waals surface area contributed by atoms with Crippen molar-refractivity contribution in [3.05, 3.63) is 35.5 Å². The Morgan fingerprint density at radius 1 is 1.23 bits per heavy atom. The van der Waals surface area contributed by atoms with Crippen LogP contribution in [0.3, 0.4) is 0 Å². The Morgan fingerprint density at radius 3 is 2.67 bits per heavy atom. The number of carbonyl (C=O) groups excluding carboxylic acids is 1. The third kappa shape index (κ3) is 5.05. The minimum atomic E-state index is -3.80. The fourth-order valence-corrected chi connectivity index (χ4v) is 3.30. The molecule has 0 aliphatic heterocycles. The monoisotopic (exact) mass is 451 g/mol. The van der Waals surface area contributed by atoms with Crippen molar-refractivity contribution in [3.8, 4) is 22.8 Å². The normalized spacial score (nSPS) is 11.2. The lowest BCUT2D eigenvalue weighted by molar-refractivity contribution is 0.252. The van der Waals surface area contributed by atoms with Crippen molar-refractivity contribution in [1.82, 2.24) is 20.3 Å². The van der Waals surface area contributed by atoms with Gasteiger partial charge in [-0.05, 0) is 31.2 Å². The highest BCUT2D eigenvalue weighted by atomic mass is 35.5. The zero-order valence-corrected chi connectivity index (χ0v) is 17.8. The molecule has 0 atom stereocenters. The number of carbonyl (C=O) groups is 1. The highest BCUT2D eigenvalue weighted by molar-refractivity contribution is 7.86. The molecular formula is C18H18ClN5O5S. The summed E-state index contributed by atoms with van der Waals surface area (Å²) in [5, 5.41) is 5.24. The molecule has 3 aromatic rings. The van der Waals surface area contributed by atoms with Crippen molar-refractivity contribution in [2.75, 3.05) is 25.2 Å². The van der Waals surface area contributed by atoms with Gasteiger partial charge in [0.25, 0.3) is 0 Å². The number of methoxy groups -OCH3 is 1. The first-order valence-corrected chi connectivity index (χ1v) is 10.9. The maximum atomic E-state index is 11.7. The van der Waals surface area contributed by atoms with E-state index in [1.165, 1.54) is 25.4 Å². The summed E-state index contributed by atoms with van der Waals surface area (Å²) in [7, 11) is -2.44. The minimum Gasteiger partial charge on any atom is -0.493 e. The Morgan fingerprint density at radius 2 is 2.00 bits per heavy atom. The molecule has 0 bridgehead atoms. The van der Waals surface area contributed by atoms with Crippen molar-refractivity contribution in [2.45, 2.75) is 6.92 Å². The zero-order chi connectivity index (χ0) is 21.9. The number of nitrogens with one attached hydrogen (secondary N) is 2. The molecule has 2 aromatic heterocycles. The summed E-state index contributed by atoms with van der Waals surface area (Å²) in [6.45, 7) is 2.28. The predicted molar refractivity (Wildman–Crippen MR) is 112 cm³/mol. The molecule has 0 unspecified atom stereocenters. The summed E-state index contributed by atoms with van der Waals surface area (Å²) >= 11 is 6.21. The van der Waals surface area contributed by atoms with Gasteiger partial charge in [0, 0.05) is 12.1 Å². The summed E-state index contributed by atoms with van der Waals surface area (Å²) < 4.78 is 33.1. The Labute approximate surface area is 177 Å². The van der Waals surface area contributed by atoms with E-state index in [2.05, 4.69) is 25.6 Å². The largest absolute Gasteiger partial charge is 0.493 e. The fourth-order valence-electron chi connectivity index (χ4n) is 2.53. The van der Waals surface area contributed by atoms with Crippen LogP contribution in [0.4, 0.5) is 10.6 Å². The first kappa shape index (κ1) is 21.5. The average molecular weight is 452 g/mol. The lowest BCUT2D eigenvalue weighted by atomic mass is 10.1. The molecule has 0 aliphatic carbocycles. The molecule has 2 heterocycles. The van der Waals surface area contributed by atoms with Crippen LogP contribution < -0.4 is 19.6 Å². The second kappa shape index (κ2) is 8.67. The van der Waals surface area contributed by atoms with E-state index < -0.39 is 10.1 Å². The maximum Gasteiger partial charge on any atom is 0.320 e. The van der Waals surface area contributed by atoms with E-state index in [-0.39, 0.29) is 22.6 Å². The van der Waals surface area contributed by atoms with Crippen LogP contribution in [0.15, 0.2) is 30.5 Å². The molecule has 3 rings (SSSR count). The average Bonchev–Trinajstić information content (AvgIpc) is 2.68. The van der Waals surface area contributed by atoms with Gasteiger partial charge in [-0.25, -0.2) is 14.8 Å². The van der Waals surface area contributed by atoms with Gasteiger partial charge < -0.3 is 14.2 Å². The topological polar surface area (TPSA) is 132 Å². The van der Waals surface area contributed by atoms with Crippen LogP contribution in [-0.2, 0) is 10.1 Å². The van der Waals surface area contributed by atoms with E-state index in [1.54, 1.807) is 19.1 Å². The Balaban J connectivity index is 2.01. The number of fused-ring (bicyclic) bond motifs is 1. The molecule has 30 heavy (non-hydrogen) atoms. The Hall–Kier alpha value is -3.18. The molecule has 0 fully saturated rings. The van der Waals surface area contributed by atoms with E-state index in [4.69, 9.17) is 20.5 Å². The third-order valence-corrected chi connectivity index (χ3v) is 4.50. The summed E-state index contributed by atoms with van der Waals surface area (Å²) in [5.74, 6) is 0.308. The number of nitrogens with zero attached hydrogens (tertiary/aromatic N) is 3. The standard InChI is InChI=1S/C18H18ClN5O5S/c1-4-20-18(25)24-15-6-5-12-17(23-15)22-13(9-21-12)10-7-11(19)16(14(8-10)28-2)29-30(3,26)27/h5-9H,4H2,1-3H3,(H2,20,22,23,24,25). The van der Waals surface area contributed by atoms with Crippen LogP contribution in [0.25, 0.3) is 22.4 Å². The van der Waals surface area contributed by atoms with Crippen molar-refractivity contribution >= 4 is 44.7 Å². The van der Waals surface area contributed by atoms with Gasteiger partial charge in [-0.15, -0.1) is 0 Å². The lowest BCUT2D eigenvalue weighted by Crippen LogP contribution is -2.28. The molecule has 158 valence electrons. The molecular weight excluding hydrogens is 434 g/mol. The SMILES string of the molecule is CCNC(=O)Nc1ccc2ncc(-c3cc(Cl)c(OS(C)(=O)=O)c(OC)c3)nc2n1. The Kier molecular flexibility index (Phi) is 6.22. The number of halogens is 1. The third-order valence-electron chi connectivity index (χ3n) is 3.75. The van der Waals surface area contributed by atoms with E-state index in [0.29, 0.717) is 34.8 Å². The first-order chi connectivity index (χ1) is 14.2. The van der Waals surface area contributed by atoms with Crippen LogP contribution >= 0.6 is 11.6 Å². The van der Waals surface area contributed by atoms with Gasteiger partial charge in [0.05, 0.1) is 30.3 Å². The summed E-state index contributed by atoms with van der Waals surface area (Å²) in [5.41, 5.74) is 1.75. The zero-order valence-electron chi connectivity index (χ0n) is 16.3. The second-order valence-corrected chi connectivity index (χ2v) is 8.04. The van der Waals surface area contributed by atoms with Crippen molar-refractivity contribution in [2.24, 2.45) is 0 Å². The number of anilines is 1. The summed E-state index contributed by atoms with van der Waals surface area (Å²) in [4.78, 5) is 24.8. The lowest BCUT2D eigenvalue weighted by Gasteiger charge is -2.12. The van der Waals surface area contributed by atoms with Gasteiger partial charge in [0.2, 0.25) is 5.75 Å². The molecule has 10 nitrogen and oxygen atoms in total. The van der Waals surface area contributed by atoms with Gasteiger partial charge in [0.1, 0.15) is 11.3 Å². The van der Waals surface area contributed by atoms with Crippen molar-refractivity contribution in [3.63, 3.8) is 0 Å². The number of hydrogen-bond acceptors (Lipinski definition) is 8. The van der Waals surface area contributed by atoms with Gasteiger partial charge >= 0.3 is 16.1 Å². The molecule has 12 heteroatoms. The minimum absolute atomic E-state index is 0.0243. The van der Waals surface area contributed by atoms with Crippen LogP contribution in [0.2, 0.25) is 5.02 Å².